The third-order valence-corrected chi connectivity index (χ3v) is 5.40. The number of nitrogens with zero attached hydrogens (tertiary/aromatic N) is 4. The lowest BCUT2D eigenvalue weighted by Gasteiger charge is -2.49. The maximum absolute atomic E-state index is 13.8. The first-order valence-corrected chi connectivity index (χ1v) is 8.84. The van der Waals surface area contributed by atoms with Gasteiger partial charge in [0.05, 0.1) is 11.6 Å². The number of hydrogen-bond acceptors (Lipinski definition) is 5. The molecule has 2 aromatic rings. The Morgan fingerprint density at radius 3 is 2.61 bits per heavy atom. The van der Waals surface area contributed by atoms with Gasteiger partial charge in [0.15, 0.2) is 5.82 Å². The monoisotopic (exact) mass is 391 g/mol. The summed E-state index contributed by atoms with van der Waals surface area (Å²) in [4.78, 5) is 31.8. The summed E-state index contributed by atoms with van der Waals surface area (Å²) in [5, 5.41) is 6.22. The van der Waals surface area contributed by atoms with Crippen molar-refractivity contribution in [3.05, 3.63) is 41.5 Å². The van der Waals surface area contributed by atoms with Crippen LogP contribution in [0.25, 0.3) is 0 Å². The van der Waals surface area contributed by atoms with Crippen molar-refractivity contribution in [1.29, 1.82) is 0 Å². The number of aryl methyl sites for hydroxylation is 1. The number of rotatable bonds is 2. The molecule has 148 valence electrons. The normalized spacial score (nSPS) is 20.4. The molecule has 0 saturated carbocycles. The summed E-state index contributed by atoms with van der Waals surface area (Å²) in [5.41, 5.74) is -0.616. The molecule has 8 nitrogen and oxygen atoms in total. The number of carbonyl (C=O) groups excluding carboxylic acids is 2. The summed E-state index contributed by atoms with van der Waals surface area (Å²) < 4.78 is 32.4. The number of urea groups is 1. The van der Waals surface area contributed by atoms with Gasteiger partial charge in [0.25, 0.3) is 0 Å². The predicted octanol–water partition coefficient (Wildman–Crippen LogP) is 2.14. The van der Waals surface area contributed by atoms with E-state index in [0.29, 0.717) is 37.9 Å². The van der Waals surface area contributed by atoms with Gasteiger partial charge < -0.3 is 19.6 Å². The molecule has 1 aromatic heterocycles. The molecule has 2 fully saturated rings. The number of halogens is 2. The first-order chi connectivity index (χ1) is 13.3. The molecule has 1 aromatic carbocycles. The molecule has 1 unspecified atom stereocenters. The molecule has 3 amide bonds. The zero-order valence-corrected chi connectivity index (χ0v) is 15.4. The number of hydrogen-bond donors (Lipinski definition) is 1. The number of aromatic nitrogens is 2. The number of likely N-dealkylation sites (tertiary alicyclic amines) is 2. The molecule has 2 saturated heterocycles. The molecule has 0 radical (unpaired) electrons. The second kappa shape index (κ2) is 6.54. The van der Waals surface area contributed by atoms with E-state index in [1.165, 1.54) is 11.8 Å². The van der Waals surface area contributed by atoms with Crippen LogP contribution in [0.1, 0.15) is 24.6 Å². The van der Waals surface area contributed by atoms with E-state index >= 15 is 0 Å². The van der Waals surface area contributed by atoms with Gasteiger partial charge in [-0.15, -0.1) is 0 Å². The van der Waals surface area contributed by atoms with E-state index < -0.39 is 23.1 Å². The Bertz CT molecular complexity index is 941. The molecule has 10 heteroatoms. The van der Waals surface area contributed by atoms with Gasteiger partial charge >= 0.3 is 6.03 Å². The Morgan fingerprint density at radius 2 is 1.96 bits per heavy atom. The van der Waals surface area contributed by atoms with Crippen LogP contribution in [-0.4, -0.2) is 58.1 Å². The molecule has 1 spiro atoms. The predicted molar refractivity (Wildman–Crippen MR) is 93.4 cm³/mol. The van der Waals surface area contributed by atoms with Gasteiger partial charge in [-0.1, -0.05) is 5.16 Å². The fourth-order valence-electron chi connectivity index (χ4n) is 3.97. The van der Waals surface area contributed by atoms with Crippen LogP contribution in [0.5, 0.6) is 0 Å². The van der Waals surface area contributed by atoms with Crippen LogP contribution in [0.3, 0.4) is 0 Å². The van der Waals surface area contributed by atoms with Gasteiger partial charge in [-0.25, -0.2) is 13.6 Å². The van der Waals surface area contributed by atoms with E-state index in [2.05, 4.69) is 15.5 Å². The highest BCUT2D eigenvalue weighted by Crippen LogP contribution is 2.48. The molecule has 2 aliphatic rings. The Hall–Kier alpha value is -3.04. The molecule has 0 bridgehead atoms. The van der Waals surface area contributed by atoms with Crippen molar-refractivity contribution in [1.82, 2.24) is 19.9 Å². The Morgan fingerprint density at radius 1 is 1.25 bits per heavy atom. The number of amides is 3. The highest BCUT2D eigenvalue weighted by molar-refractivity contribution is 5.90. The number of nitrogens with one attached hydrogen (secondary N) is 1. The maximum Gasteiger partial charge on any atom is 0.321 e. The van der Waals surface area contributed by atoms with Crippen molar-refractivity contribution in [3.8, 4) is 0 Å². The second-order valence-electron chi connectivity index (χ2n) is 7.40. The summed E-state index contributed by atoms with van der Waals surface area (Å²) in [5.74, 6) is -0.667. The van der Waals surface area contributed by atoms with E-state index in [1.54, 1.807) is 11.8 Å². The number of benzene rings is 1. The van der Waals surface area contributed by atoms with Crippen LogP contribution in [0.2, 0.25) is 0 Å². The van der Waals surface area contributed by atoms with Gasteiger partial charge in [-0.3, -0.25) is 4.79 Å². The highest BCUT2D eigenvalue weighted by atomic mass is 19.1. The van der Waals surface area contributed by atoms with Gasteiger partial charge in [-0.2, -0.15) is 4.98 Å². The van der Waals surface area contributed by atoms with Crippen molar-refractivity contribution < 1.29 is 22.9 Å². The average Bonchev–Trinajstić information content (AvgIpc) is 3.20. The zero-order chi connectivity index (χ0) is 20.1. The molecule has 3 heterocycles. The van der Waals surface area contributed by atoms with Crippen LogP contribution >= 0.6 is 0 Å². The Labute approximate surface area is 159 Å². The van der Waals surface area contributed by atoms with E-state index in [0.717, 1.165) is 18.2 Å². The molecule has 2 aliphatic heterocycles. The topological polar surface area (TPSA) is 91.6 Å². The largest absolute Gasteiger partial charge is 0.341 e. The lowest BCUT2D eigenvalue weighted by molar-refractivity contribution is -0.128. The molecule has 4 rings (SSSR count). The van der Waals surface area contributed by atoms with Gasteiger partial charge in [-0.05, 0) is 19.1 Å². The van der Waals surface area contributed by atoms with Crippen molar-refractivity contribution in [2.24, 2.45) is 5.41 Å². The average molecular weight is 391 g/mol. The van der Waals surface area contributed by atoms with Gasteiger partial charge in [0.1, 0.15) is 11.6 Å². The lowest BCUT2D eigenvalue weighted by Crippen LogP contribution is -2.62. The third-order valence-electron chi connectivity index (χ3n) is 5.40. The fraction of sp³-hybridized carbons (Fsp3) is 0.444. The summed E-state index contributed by atoms with van der Waals surface area (Å²) >= 11 is 0. The summed E-state index contributed by atoms with van der Waals surface area (Å²) in [6, 6.07) is 2.34. The summed E-state index contributed by atoms with van der Waals surface area (Å²) in [7, 11) is 0. The van der Waals surface area contributed by atoms with Crippen LogP contribution in [-0.2, 0) is 4.79 Å². The van der Waals surface area contributed by atoms with E-state index in [9.17, 15) is 18.4 Å². The molecule has 1 atom stereocenters. The fourth-order valence-corrected chi connectivity index (χ4v) is 3.97. The van der Waals surface area contributed by atoms with E-state index in [4.69, 9.17) is 4.52 Å². The van der Waals surface area contributed by atoms with Crippen LogP contribution in [0.4, 0.5) is 19.3 Å². The summed E-state index contributed by atoms with van der Waals surface area (Å²) in [6.07, 6.45) is 0. The maximum atomic E-state index is 13.8. The quantitative estimate of drug-likeness (QED) is 0.847. The minimum atomic E-state index is -0.715. The minimum Gasteiger partial charge on any atom is -0.341 e. The standard InChI is InChI=1S/C18H19F2N5O3/c1-10-21-16(28-23-10)13-6-24(11(2)26)7-18(13)8-25(9-18)17(27)22-15-5-12(19)3-4-14(15)20/h3-5,13H,6-9H2,1-2H3,(H,22,27). The third kappa shape index (κ3) is 3.08. The molecular weight excluding hydrogens is 372 g/mol. The molecule has 1 N–H and O–H groups in total. The summed E-state index contributed by atoms with van der Waals surface area (Å²) in [6.45, 7) is 4.78. The Balaban J connectivity index is 1.49. The number of carbonyl (C=O) groups is 2. The van der Waals surface area contributed by atoms with E-state index in [1.807, 2.05) is 0 Å². The van der Waals surface area contributed by atoms with Crippen LogP contribution < -0.4 is 5.32 Å². The van der Waals surface area contributed by atoms with Crippen molar-refractivity contribution in [2.45, 2.75) is 19.8 Å². The van der Waals surface area contributed by atoms with Gasteiger partial charge in [0.2, 0.25) is 11.8 Å². The lowest BCUT2D eigenvalue weighted by atomic mass is 9.71. The SMILES string of the molecule is CC(=O)N1CC(c2nc(C)no2)C2(C1)CN(C(=O)Nc1cc(F)ccc1F)C2. The van der Waals surface area contributed by atoms with Gasteiger partial charge in [0, 0.05) is 44.6 Å². The van der Waals surface area contributed by atoms with Crippen molar-refractivity contribution in [2.75, 3.05) is 31.5 Å². The van der Waals surface area contributed by atoms with Crippen molar-refractivity contribution >= 4 is 17.6 Å². The molecule has 28 heavy (non-hydrogen) atoms. The zero-order valence-electron chi connectivity index (χ0n) is 15.4. The first kappa shape index (κ1) is 18.3. The second-order valence-corrected chi connectivity index (χ2v) is 7.40. The molecule has 0 aliphatic carbocycles. The van der Waals surface area contributed by atoms with E-state index in [-0.39, 0.29) is 17.5 Å². The molecular formula is C18H19F2N5O3. The van der Waals surface area contributed by atoms with Crippen LogP contribution in [0.15, 0.2) is 22.7 Å². The minimum absolute atomic E-state index is 0.0668. The smallest absolute Gasteiger partial charge is 0.321 e. The van der Waals surface area contributed by atoms with Crippen LogP contribution in [0, 0.1) is 24.0 Å². The first-order valence-electron chi connectivity index (χ1n) is 8.84. The Kier molecular flexibility index (Phi) is 4.28. The number of anilines is 1. The van der Waals surface area contributed by atoms with Crippen molar-refractivity contribution in [3.63, 3.8) is 0 Å². The highest BCUT2D eigenvalue weighted by Gasteiger charge is 2.58.